The van der Waals surface area contributed by atoms with Crippen molar-refractivity contribution in [3.63, 3.8) is 0 Å². The van der Waals surface area contributed by atoms with E-state index in [0.29, 0.717) is 0 Å². The lowest BCUT2D eigenvalue weighted by Crippen LogP contribution is -2.23. The van der Waals surface area contributed by atoms with E-state index in [4.69, 9.17) is 0 Å². The second-order valence-electron chi connectivity index (χ2n) is 12.3. The summed E-state index contributed by atoms with van der Waals surface area (Å²) in [5, 5.41) is 6.98. The summed E-state index contributed by atoms with van der Waals surface area (Å²) in [7, 11) is 0. The Balaban J connectivity index is 1.24. The van der Waals surface area contributed by atoms with Gasteiger partial charge >= 0.3 is 0 Å². The third-order valence-corrected chi connectivity index (χ3v) is 9.60. The quantitative estimate of drug-likeness (QED) is 0.183. The van der Waals surface area contributed by atoms with Gasteiger partial charge in [-0.05, 0) is 93.4 Å². The minimum Gasteiger partial charge on any atom is -0.309 e. The van der Waals surface area contributed by atoms with Crippen molar-refractivity contribution in [1.82, 2.24) is 9.13 Å². The molecule has 0 saturated carbocycles. The number of benzene rings is 7. The highest BCUT2D eigenvalue weighted by Gasteiger charge is 2.17. The molecule has 2 nitrogen and oxygen atoms in total. The van der Waals surface area contributed by atoms with Gasteiger partial charge in [-0.3, -0.25) is 0 Å². The second kappa shape index (κ2) is 11.2. The van der Waals surface area contributed by atoms with Crippen LogP contribution in [0.4, 0.5) is 0 Å². The fraction of sp³-hybridized carbons (Fsp3) is 0. The molecule has 2 aromatic heterocycles. The zero-order chi connectivity index (χ0) is 32.2. The Kier molecular flexibility index (Phi) is 6.48. The summed E-state index contributed by atoms with van der Waals surface area (Å²) in [6, 6.07) is 56.8. The third-order valence-electron chi connectivity index (χ3n) is 9.60. The molecule has 0 radical (unpaired) electrons. The van der Waals surface area contributed by atoms with E-state index in [-0.39, 0.29) is 0 Å². The second-order valence-corrected chi connectivity index (χ2v) is 12.3. The van der Waals surface area contributed by atoms with Crippen molar-refractivity contribution in [3.05, 3.63) is 181 Å². The minimum atomic E-state index is 0.992. The van der Waals surface area contributed by atoms with Gasteiger partial charge in [0, 0.05) is 32.9 Å². The first-order valence-electron chi connectivity index (χ1n) is 16.3. The van der Waals surface area contributed by atoms with E-state index in [2.05, 4.69) is 186 Å². The predicted octanol–water partition coefficient (Wildman–Crippen LogP) is 10.6. The predicted molar refractivity (Wildman–Crippen MR) is 205 cm³/mol. The van der Waals surface area contributed by atoms with Gasteiger partial charge in [-0.25, -0.2) is 0 Å². The Hall–Kier alpha value is -6.38. The maximum absolute atomic E-state index is 4.38. The molecular weight excluding hydrogens is 581 g/mol. The minimum absolute atomic E-state index is 0.992. The summed E-state index contributed by atoms with van der Waals surface area (Å²) in [4.78, 5) is 0. The molecule has 2 heterocycles. The van der Waals surface area contributed by atoms with Crippen molar-refractivity contribution in [2.75, 3.05) is 0 Å². The van der Waals surface area contributed by atoms with Crippen LogP contribution in [-0.2, 0) is 0 Å². The highest BCUT2D eigenvalue weighted by atomic mass is 15.0. The van der Waals surface area contributed by atoms with E-state index >= 15 is 0 Å². The van der Waals surface area contributed by atoms with Crippen LogP contribution in [0.3, 0.4) is 0 Å². The Morgan fingerprint density at radius 2 is 0.938 bits per heavy atom. The molecule has 9 aromatic rings. The number of hydrogen-bond acceptors (Lipinski definition) is 0. The SMILES string of the molecule is C=C/C=c1\c(=C)ccc2c1c1cc(-c3ccc4c(c3)c3ccccc3n4-c3ccc(-c4ccccc4)cc3)ccc1n2-c1ccccc1. The third kappa shape index (κ3) is 4.35. The average Bonchev–Trinajstić information content (AvgIpc) is 3.66. The topological polar surface area (TPSA) is 9.86 Å². The number of nitrogens with zero attached hydrogens (tertiary/aromatic N) is 2. The van der Waals surface area contributed by atoms with Gasteiger partial charge < -0.3 is 9.13 Å². The summed E-state index contributed by atoms with van der Waals surface area (Å²) >= 11 is 0. The van der Waals surface area contributed by atoms with Crippen LogP contribution in [0.25, 0.3) is 89.9 Å². The molecule has 0 aliphatic rings. The molecule has 2 heteroatoms. The monoisotopic (exact) mass is 612 g/mol. The van der Waals surface area contributed by atoms with Crippen LogP contribution in [0.5, 0.6) is 0 Å². The van der Waals surface area contributed by atoms with E-state index in [1.54, 1.807) is 0 Å². The summed E-state index contributed by atoms with van der Waals surface area (Å²) in [5.74, 6) is 0. The Morgan fingerprint density at radius 1 is 0.417 bits per heavy atom. The standard InChI is InChI=1S/C46H32N2/c1-3-12-38-31(2)19-26-45-46(38)41-30-35(23-28-44(41)48(45)36-15-8-5-9-16-36)34-22-27-43-40(29-34)39-17-10-11-18-42(39)47(43)37-24-20-33(21-25-37)32-13-6-4-7-14-32/h3-30H,1-2H2/b38-12+. The molecule has 0 unspecified atom stereocenters. The molecule has 226 valence electrons. The highest BCUT2D eigenvalue weighted by molar-refractivity contribution is 6.13. The number of allylic oxidation sites excluding steroid dienone is 1. The maximum Gasteiger partial charge on any atom is 0.0547 e. The van der Waals surface area contributed by atoms with E-state index in [1.807, 2.05) is 6.08 Å². The van der Waals surface area contributed by atoms with Crippen LogP contribution in [-0.4, -0.2) is 9.13 Å². The summed E-state index contributed by atoms with van der Waals surface area (Å²) in [6.45, 7) is 8.40. The molecular formula is C46H32N2. The Labute approximate surface area is 279 Å². The van der Waals surface area contributed by atoms with Crippen molar-refractivity contribution < 1.29 is 0 Å². The Bertz CT molecular complexity index is 2780. The summed E-state index contributed by atoms with van der Waals surface area (Å²) in [6.07, 6.45) is 3.94. The first-order chi connectivity index (χ1) is 23.7. The molecule has 7 aromatic carbocycles. The Morgan fingerprint density at radius 3 is 1.67 bits per heavy atom. The molecule has 0 aliphatic carbocycles. The van der Waals surface area contributed by atoms with Crippen LogP contribution in [0.2, 0.25) is 0 Å². The van der Waals surface area contributed by atoms with Crippen molar-refractivity contribution in [3.8, 4) is 33.6 Å². The van der Waals surface area contributed by atoms with Crippen LogP contribution >= 0.6 is 0 Å². The fourth-order valence-electron chi connectivity index (χ4n) is 7.39. The summed E-state index contributed by atoms with van der Waals surface area (Å²) in [5.41, 5.74) is 11.8. The zero-order valence-corrected chi connectivity index (χ0v) is 26.5. The summed E-state index contributed by atoms with van der Waals surface area (Å²) < 4.78 is 4.74. The smallest absolute Gasteiger partial charge is 0.0547 e. The van der Waals surface area contributed by atoms with Gasteiger partial charge in [0.05, 0.1) is 22.1 Å². The molecule has 9 rings (SSSR count). The molecule has 0 saturated heterocycles. The van der Waals surface area contributed by atoms with Crippen molar-refractivity contribution >= 4 is 56.3 Å². The van der Waals surface area contributed by atoms with E-state index in [1.165, 1.54) is 60.3 Å². The van der Waals surface area contributed by atoms with Gasteiger partial charge in [-0.1, -0.05) is 122 Å². The molecule has 0 spiro atoms. The van der Waals surface area contributed by atoms with Crippen LogP contribution in [0.15, 0.2) is 170 Å². The fourth-order valence-corrected chi connectivity index (χ4v) is 7.39. The molecule has 0 aliphatic heterocycles. The number of aromatic nitrogens is 2. The average molecular weight is 613 g/mol. The van der Waals surface area contributed by atoms with Crippen LogP contribution in [0, 0.1) is 0 Å². The van der Waals surface area contributed by atoms with Gasteiger partial charge in [0.2, 0.25) is 0 Å². The number of fused-ring (bicyclic) bond motifs is 6. The van der Waals surface area contributed by atoms with Crippen molar-refractivity contribution in [2.45, 2.75) is 0 Å². The van der Waals surface area contributed by atoms with Crippen molar-refractivity contribution in [2.24, 2.45) is 0 Å². The highest BCUT2D eigenvalue weighted by Crippen LogP contribution is 2.37. The number of rotatable bonds is 5. The zero-order valence-electron chi connectivity index (χ0n) is 26.5. The van der Waals surface area contributed by atoms with Crippen LogP contribution < -0.4 is 10.4 Å². The van der Waals surface area contributed by atoms with Crippen molar-refractivity contribution in [1.29, 1.82) is 0 Å². The van der Waals surface area contributed by atoms with Gasteiger partial charge in [-0.2, -0.15) is 0 Å². The first kappa shape index (κ1) is 27.9. The van der Waals surface area contributed by atoms with Gasteiger partial charge in [0.25, 0.3) is 0 Å². The number of para-hydroxylation sites is 2. The maximum atomic E-state index is 4.38. The molecule has 0 N–H and O–H groups in total. The lowest BCUT2D eigenvalue weighted by Gasteiger charge is -2.10. The van der Waals surface area contributed by atoms with Gasteiger partial charge in [-0.15, -0.1) is 0 Å². The van der Waals surface area contributed by atoms with E-state index in [0.717, 1.165) is 27.3 Å². The first-order valence-corrected chi connectivity index (χ1v) is 16.3. The molecule has 0 amide bonds. The normalized spacial score (nSPS) is 12.0. The lowest BCUT2D eigenvalue weighted by atomic mass is 10.00. The van der Waals surface area contributed by atoms with Crippen LogP contribution in [0.1, 0.15) is 0 Å². The number of hydrogen-bond donors (Lipinski definition) is 0. The molecule has 0 bridgehead atoms. The molecule has 0 fully saturated rings. The van der Waals surface area contributed by atoms with E-state index in [9.17, 15) is 0 Å². The van der Waals surface area contributed by atoms with E-state index < -0.39 is 0 Å². The lowest BCUT2D eigenvalue weighted by molar-refractivity contribution is 1.18. The molecule has 48 heavy (non-hydrogen) atoms. The largest absolute Gasteiger partial charge is 0.309 e. The molecule has 0 atom stereocenters. The van der Waals surface area contributed by atoms with Gasteiger partial charge in [0.15, 0.2) is 0 Å². The van der Waals surface area contributed by atoms with Gasteiger partial charge in [0.1, 0.15) is 0 Å².